The maximum absolute atomic E-state index is 11.1. The van der Waals surface area contributed by atoms with Gasteiger partial charge < -0.3 is 4.74 Å². The molecule has 0 aliphatic heterocycles. The Morgan fingerprint density at radius 3 is 2.27 bits per heavy atom. The molecule has 0 saturated carbocycles. The molecule has 0 aromatic heterocycles. The number of hydrogen-bond donors (Lipinski definition) is 0. The Hall–Kier alpha value is -0.530. The van der Waals surface area contributed by atoms with Gasteiger partial charge in [0.05, 0.1) is 13.0 Å². The molecule has 0 aliphatic rings. The molecule has 0 aromatic carbocycles. The van der Waals surface area contributed by atoms with Gasteiger partial charge in [-0.15, -0.1) is 0 Å². The highest BCUT2D eigenvalue weighted by Gasteiger charge is 2.17. The molecule has 0 spiro atoms. The van der Waals surface area contributed by atoms with Gasteiger partial charge in [0.15, 0.2) is 0 Å². The second-order valence-corrected chi connectivity index (χ2v) is 3.26. The van der Waals surface area contributed by atoms with Gasteiger partial charge in [-0.2, -0.15) is 0 Å². The van der Waals surface area contributed by atoms with Gasteiger partial charge in [-0.25, -0.2) is 0 Å². The van der Waals surface area contributed by atoms with Gasteiger partial charge in [-0.3, -0.25) is 4.79 Å². The SMILES string of the molecule is CCC(CC(C)C)C(=O)OC. The lowest BCUT2D eigenvalue weighted by atomic mass is 9.95. The number of rotatable bonds is 4. The fraction of sp³-hybridized carbons (Fsp3) is 0.889. The lowest BCUT2D eigenvalue weighted by Crippen LogP contribution is -2.17. The van der Waals surface area contributed by atoms with E-state index >= 15 is 0 Å². The van der Waals surface area contributed by atoms with Crippen LogP contribution in [-0.4, -0.2) is 13.1 Å². The summed E-state index contributed by atoms with van der Waals surface area (Å²) in [6.07, 6.45) is 1.81. The minimum absolute atomic E-state index is 0.0683. The van der Waals surface area contributed by atoms with Crippen LogP contribution in [0.4, 0.5) is 0 Å². The van der Waals surface area contributed by atoms with Crippen molar-refractivity contribution in [1.82, 2.24) is 0 Å². The summed E-state index contributed by atoms with van der Waals surface area (Å²) >= 11 is 0. The minimum atomic E-state index is -0.0683. The van der Waals surface area contributed by atoms with Crippen LogP contribution in [0.25, 0.3) is 0 Å². The van der Waals surface area contributed by atoms with Gasteiger partial charge in [0.2, 0.25) is 0 Å². The molecule has 0 amide bonds. The van der Waals surface area contributed by atoms with Crippen LogP contribution in [0, 0.1) is 11.8 Å². The van der Waals surface area contributed by atoms with Crippen molar-refractivity contribution in [3.05, 3.63) is 0 Å². The van der Waals surface area contributed by atoms with E-state index in [0.717, 1.165) is 12.8 Å². The first kappa shape index (κ1) is 10.5. The van der Waals surface area contributed by atoms with Crippen LogP contribution in [0.2, 0.25) is 0 Å². The maximum Gasteiger partial charge on any atom is 0.308 e. The fourth-order valence-electron chi connectivity index (χ4n) is 1.17. The molecule has 0 rings (SSSR count). The lowest BCUT2D eigenvalue weighted by Gasteiger charge is -2.13. The summed E-state index contributed by atoms with van der Waals surface area (Å²) in [5.41, 5.74) is 0. The molecule has 0 aliphatic carbocycles. The van der Waals surface area contributed by atoms with Crippen LogP contribution >= 0.6 is 0 Å². The molecule has 0 aromatic rings. The zero-order valence-corrected chi connectivity index (χ0v) is 7.89. The van der Waals surface area contributed by atoms with E-state index in [1.165, 1.54) is 7.11 Å². The molecule has 2 heteroatoms. The van der Waals surface area contributed by atoms with Crippen LogP contribution in [-0.2, 0) is 9.53 Å². The van der Waals surface area contributed by atoms with Crippen molar-refractivity contribution in [1.29, 1.82) is 0 Å². The van der Waals surface area contributed by atoms with E-state index in [9.17, 15) is 4.79 Å². The Morgan fingerprint density at radius 2 is 2.00 bits per heavy atom. The molecule has 0 bridgehead atoms. The van der Waals surface area contributed by atoms with Crippen LogP contribution in [0.3, 0.4) is 0 Å². The molecule has 0 fully saturated rings. The molecule has 1 atom stereocenters. The first-order valence-electron chi connectivity index (χ1n) is 4.19. The Kier molecular flexibility index (Phi) is 4.92. The Labute approximate surface area is 68.9 Å². The molecule has 2 nitrogen and oxygen atoms in total. The number of carbonyl (C=O) groups excluding carboxylic acids is 1. The first-order chi connectivity index (χ1) is 5.11. The quantitative estimate of drug-likeness (QED) is 0.586. The zero-order valence-electron chi connectivity index (χ0n) is 7.89. The van der Waals surface area contributed by atoms with E-state index in [-0.39, 0.29) is 11.9 Å². The van der Waals surface area contributed by atoms with E-state index < -0.39 is 0 Å². The average Bonchev–Trinajstić information content (AvgIpc) is 1.98. The second-order valence-electron chi connectivity index (χ2n) is 3.26. The average molecular weight is 158 g/mol. The number of ether oxygens (including phenoxy) is 1. The topological polar surface area (TPSA) is 26.3 Å². The van der Waals surface area contributed by atoms with E-state index in [1.807, 2.05) is 6.92 Å². The lowest BCUT2D eigenvalue weighted by molar-refractivity contribution is -0.146. The van der Waals surface area contributed by atoms with Crippen molar-refractivity contribution in [2.45, 2.75) is 33.6 Å². The predicted molar refractivity (Wildman–Crippen MR) is 45.3 cm³/mol. The monoisotopic (exact) mass is 158 g/mol. The summed E-state index contributed by atoms with van der Waals surface area (Å²) in [4.78, 5) is 11.1. The number of esters is 1. The van der Waals surface area contributed by atoms with Crippen molar-refractivity contribution in [2.75, 3.05) is 7.11 Å². The van der Waals surface area contributed by atoms with Crippen LogP contribution < -0.4 is 0 Å². The molecule has 0 radical (unpaired) electrons. The van der Waals surface area contributed by atoms with Gasteiger partial charge in [-0.1, -0.05) is 20.8 Å². The first-order valence-corrected chi connectivity index (χ1v) is 4.19. The highest BCUT2D eigenvalue weighted by molar-refractivity contribution is 5.72. The summed E-state index contributed by atoms with van der Waals surface area (Å²) in [6, 6.07) is 0. The summed E-state index contributed by atoms with van der Waals surface area (Å²) in [7, 11) is 1.45. The van der Waals surface area contributed by atoms with Crippen LogP contribution in [0.1, 0.15) is 33.6 Å². The van der Waals surface area contributed by atoms with Crippen molar-refractivity contribution < 1.29 is 9.53 Å². The van der Waals surface area contributed by atoms with Crippen LogP contribution in [0.15, 0.2) is 0 Å². The van der Waals surface area contributed by atoms with Crippen molar-refractivity contribution in [2.24, 2.45) is 11.8 Å². The second kappa shape index (κ2) is 5.16. The third-order valence-electron chi connectivity index (χ3n) is 1.78. The zero-order chi connectivity index (χ0) is 8.85. The summed E-state index contributed by atoms with van der Waals surface area (Å²) in [5, 5.41) is 0. The molecule has 0 N–H and O–H groups in total. The molecule has 66 valence electrons. The maximum atomic E-state index is 11.1. The predicted octanol–water partition coefficient (Wildman–Crippen LogP) is 2.23. The van der Waals surface area contributed by atoms with Crippen molar-refractivity contribution in [3.8, 4) is 0 Å². The third-order valence-corrected chi connectivity index (χ3v) is 1.78. The van der Waals surface area contributed by atoms with Gasteiger partial charge in [0.1, 0.15) is 0 Å². The molecule has 1 unspecified atom stereocenters. The molecule has 0 saturated heterocycles. The Bertz CT molecular complexity index is 119. The Morgan fingerprint density at radius 1 is 1.45 bits per heavy atom. The highest BCUT2D eigenvalue weighted by atomic mass is 16.5. The van der Waals surface area contributed by atoms with E-state index in [4.69, 9.17) is 0 Å². The van der Waals surface area contributed by atoms with Gasteiger partial charge in [-0.05, 0) is 18.8 Å². The fourth-order valence-corrected chi connectivity index (χ4v) is 1.17. The van der Waals surface area contributed by atoms with Gasteiger partial charge in [0.25, 0.3) is 0 Å². The summed E-state index contributed by atoms with van der Waals surface area (Å²) in [6.45, 7) is 6.25. The molecule has 11 heavy (non-hydrogen) atoms. The number of carbonyl (C=O) groups is 1. The highest BCUT2D eigenvalue weighted by Crippen LogP contribution is 2.15. The minimum Gasteiger partial charge on any atom is -0.469 e. The van der Waals surface area contributed by atoms with Crippen molar-refractivity contribution >= 4 is 5.97 Å². The normalized spacial score (nSPS) is 13.2. The summed E-state index contributed by atoms with van der Waals surface area (Å²) in [5.74, 6) is 0.597. The molecular weight excluding hydrogens is 140 g/mol. The Balaban J connectivity index is 3.84. The molecule has 0 heterocycles. The van der Waals surface area contributed by atoms with E-state index in [1.54, 1.807) is 0 Å². The standard InChI is InChI=1S/C9H18O2/c1-5-8(6-7(2)3)9(10)11-4/h7-8H,5-6H2,1-4H3. The largest absolute Gasteiger partial charge is 0.469 e. The van der Waals surface area contributed by atoms with E-state index in [2.05, 4.69) is 18.6 Å². The third kappa shape index (κ3) is 4.02. The van der Waals surface area contributed by atoms with E-state index in [0.29, 0.717) is 5.92 Å². The smallest absolute Gasteiger partial charge is 0.308 e. The van der Waals surface area contributed by atoms with Crippen molar-refractivity contribution in [3.63, 3.8) is 0 Å². The van der Waals surface area contributed by atoms with Gasteiger partial charge in [0, 0.05) is 0 Å². The van der Waals surface area contributed by atoms with Crippen LogP contribution in [0.5, 0.6) is 0 Å². The molecular formula is C9H18O2. The number of methoxy groups -OCH3 is 1. The number of hydrogen-bond acceptors (Lipinski definition) is 2. The summed E-state index contributed by atoms with van der Waals surface area (Å²) < 4.78 is 4.67. The van der Waals surface area contributed by atoms with Gasteiger partial charge >= 0.3 is 5.97 Å².